The van der Waals surface area contributed by atoms with Gasteiger partial charge in [-0.1, -0.05) is 13.8 Å². The molecule has 0 saturated heterocycles. The zero-order valence-corrected chi connectivity index (χ0v) is 12.7. The van der Waals surface area contributed by atoms with Gasteiger partial charge < -0.3 is 5.11 Å². The smallest absolute Gasteiger partial charge is 0.240 e. The van der Waals surface area contributed by atoms with Gasteiger partial charge in [-0.3, -0.25) is 0 Å². The van der Waals surface area contributed by atoms with Crippen molar-refractivity contribution < 1.29 is 13.5 Å². The Bertz CT molecular complexity index is 603. The van der Waals surface area contributed by atoms with E-state index in [1.165, 1.54) is 18.2 Å². The molecular formula is C14H20N2O3S. The summed E-state index contributed by atoms with van der Waals surface area (Å²) in [6.07, 6.45) is -0.161. The number of nitrogens with zero attached hydrogens (tertiary/aromatic N) is 1. The summed E-state index contributed by atoms with van der Waals surface area (Å²) in [5.74, 6) is 0.0937. The third kappa shape index (κ3) is 4.30. The molecule has 6 heteroatoms. The highest BCUT2D eigenvalue weighted by atomic mass is 32.2. The second kappa shape index (κ2) is 6.84. The van der Waals surface area contributed by atoms with Gasteiger partial charge in [0.25, 0.3) is 0 Å². The molecule has 0 saturated carbocycles. The first-order chi connectivity index (χ1) is 9.27. The molecule has 2 N–H and O–H groups in total. The molecule has 110 valence electrons. The Balaban J connectivity index is 2.77. The van der Waals surface area contributed by atoms with E-state index in [-0.39, 0.29) is 17.4 Å². The van der Waals surface area contributed by atoms with E-state index >= 15 is 0 Å². The van der Waals surface area contributed by atoms with Gasteiger partial charge in [-0.2, -0.15) is 5.26 Å². The second-order valence-electron chi connectivity index (χ2n) is 5.09. The Morgan fingerprint density at radius 1 is 1.40 bits per heavy atom. The van der Waals surface area contributed by atoms with Crippen LogP contribution in [-0.4, -0.2) is 26.2 Å². The van der Waals surface area contributed by atoms with E-state index in [1.54, 1.807) is 6.92 Å². The summed E-state index contributed by atoms with van der Waals surface area (Å²) in [4.78, 5) is 0.163. The fraction of sp³-hybridized carbons (Fsp3) is 0.500. The average Bonchev–Trinajstić information content (AvgIpc) is 2.37. The second-order valence-corrected chi connectivity index (χ2v) is 6.83. The lowest BCUT2D eigenvalue weighted by Crippen LogP contribution is -2.29. The largest absolute Gasteiger partial charge is 0.393 e. The SMILES string of the molecule is Cc1cc(C#N)ccc1S(=O)(=O)NCCC(O)C(C)C. The van der Waals surface area contributed by atoms with Crippen molar-refractivity contribution in [3.8, 4) is 6.07 Å². The van der Waals surface area contributed by atoms with Crippen LogP contribution in [0.5, 0.6) is 0 Å². The zero-order valence-electron chi connectivity index (χ0n) is 11.9. The maximum atomic E-state index is 12.1. The molecule has 0 heterocycles. The Labute approximate surface area is 120 Å². The quantitative estimate of drug-likeness (QED) is 0.833. The zero-order chi connectivity index (χ0) is 15.3. The van der Waals surface area contributed by atoms with Crippen LogP contribution in [0.4, 0.5) is 0 Å². The lowest BCUT2D eigenvalue weighted by molar-refractivity contribution is 0.118. The normalized spacial score (nSPS) is 13.2. The van der Waals surface area contributed by atoms with Crippen molar-refractivity contribution >= 4 is 10.0 Å². The molecule has 1 rings (SSSR count). The van der Waals surface area contributed by atoms with Gasteiger partial charge in [0.15, 0.2) is 0 Å². The van der Waals surface area contributed by atoms with E-state index in [9.17, 15) is 13.5 Å². The summed E-state index contributed by atoms with van der Waals surface area (Å²) >= 11 is 0. The Kier molecular flexibility index (Phi) is 5.69. The standard InChI is InChI=1S/C14H20N2O3S/c1-10(2)13(17)6-7-16-20(18,19)14-5-4-12(9-15)8-11(14)3/h4-5,8,10,13,16-17H,6-7H2,1-3H3. The minimum atomic E-state index is -3.61. The van der Waals surface area contributed by atoms with Crippen molar-refractivity contribution in [1.82, 2.24) is 4.72 Å². The van der Waals surface area contributed by atoms with Crippen molar-refractivity contribution in [3.05, 3.63) is 29.3 Å². The maximum absolute atomic E-state index is 12.1. The number of aliphatic hydroxyl groups is 1. The molecule has 0 spiro atoms. The van der Waals surface area contributed by atoms with Crippen LogP contribution in [0.2, 0.25) is 0 Å². The summed E-state index contributed by atoms with van der Waals surface area (Å²) < 4.78 is 26.7. The van der Waals surface area contributed by atoms with E-state index in [2.05, 4.69) is 4.72 Å². The molecule has 0 fully saturated rings. The van der Waals surface area contributed by atoms with Crippen LogP contribution in [0.3, 0.4) is 0 Å². The Morgan fingerprint density at radius 2 is 2.05 bits per heavy atom. The average molecular weight is 296 g/mol. The minimum absolute atomic E-state index is 0.0937. The highest BCUT2D eigenvalue weighted by Gasteiger charge is 2.17. The molecule has 0 aliphatic heterocycles. The van der Waals surface area contributed by atoms with Gasteiger partial charge in [0, 0.05) is 6.54 Å². The molecule has 0 radical (unpaired) electrons. The van der Waals surface area contributed by atoms with Gasteiger partial charge in [-0.05, 0) is 43.0 Å². The Morgan fingerprint density at radius 3 is 2.55 bits per heavy atom. The molecule has 0 aliphatic carbocycles. The first-order valence-electron chi connectivity index (χ1n) is 6.46. The fourth-order valence-corrected chi connectivity index (χ4v) is 3.04. The van der Waals surface area contributed by atoms with Crippen molar-refractivity contribution in [1.29, 1.82) is 5.26 Å². The van der Waals surface area contributed by atoms with E-state index < -0.39 is 16.1 Å². The number of rotatable bonds is 6. The van der Waals surface area contributed by atoms with Crippen molar-refractivity contribution in [2.45, 2.75) is 38.2 Å². The van der Waals surface area contributed by atoms with Crippen LogP contribution in [0.25, 0.3) is 0 Å². The molecular weight excluding hydrogens is 276 g/mol. The number of benzene rings is 1. The molecule has 1 aromatic carbocycles. The number of hydrogen-bond donors (Lipinski definition) is 2. The van der Waals surface area contributed by atoms with Crippen LogP contribution in [0.15, 0.2) is 23.1 Å². The van der Waals surface area contributed by atoms with Crippen LogP contribution in [0.1, 0.15) is 31.4 Å². The molecule has 0 bridgehead atoms. The third-order valence-corrected chi connectivity index (χ3v) is 4.72. The number of sulfonamides is 1. The fourth-order valence-electron chi connectivity index (χ4n) is 1.77. The summed E-state index contributed by atoms with van der Waals surface area (Å²) in [7, 11) is -3.61. The maximum Gasteiger partial charge on any atom is 0.240 e. The van der Waals surface area contributed by atoms with Gasteiger partial charge in [0.1, 0.15) is 0 Å². The van der Waals surface area contributed by atoms with Crippen LogP contribution < -0.4 is 4.72 Å². The number of hydrogen-bond acceptors (Lipinski definition) is 4. The minimum Gasteiger partial charge on any atom is -0.393 e. The summed E-state index contributed by atoms with van der Waals surface area (Å²) in [6, 6.07) is 6.41. The van der Waals surface area contributed by atoms with Gasteiger partial charge in [-0.25, -0.2) is 13.1 Å². The van der Waals surface area contributed by atoms with Crippen molar-refractivity contribution in [3.63, 3.8) is 0 Å². The van der Waals surface area contributed by atoms with E-state index in [0.29, 0.717) is 17.5 Å². The number of aliphatic hydroxyl groups excluding tert-OH is 1. The van der Waals surface area contributed by atoms with Crippen LogP contribution >= 0.6 is 0 Å². The summed E-state index contributed by atoms with van der Waals surface area (Å²) in [6.45, 7) is 5.59. The molecule has 5 nitrogen and oxygen atoms in total. The van der Waals surface area contributed by atoms with E-state index in [1.807, 2.05) is 19.9 Å². The van der Waals surface area contributed by atoms with Gasteiger partial charge in [-0.15, -0.1) is 0 Å². The van der Waals surface area contributed by atoms with Crippen molar-refractivity contribution in [2.75, 3.05) is 6.54 Å². The predicted molar refractivity (Wildman–Crippen MR) is 76.5 cm³/mol. The molecule has 0 aromatic heterocycles. The number of nitriles is 1. The molecule has 1 aromatic rings. The molecule has 0 amide bonds. The lowest BCUT2D eigenvalue weighted by Gasteiger charge is -2.15. The van der Waals surface area contributed by atoms with Crippen LogP contribution in [0, 0.1) is 24.2 Å². The van der Waals surface area contributed by atoms with Crippen LogP contribution in [-0.2, 0) is 10.0 Å². The van der Waals surface area contributed by atoms with Gasteiger partial charge >= 0.3 is 0 Å². The summed E-state index contributed by atoms with van der Waals surface area (Å²) in [5.41, 5.74) is 0.956. The lowest BCUT2D eigenvalue weighted by atomic mass is 10.1. The van der Waals surface area contributed by atoms with Crippen molar-refractivity contribution in [2.24, 2.45) is 5.92 Å². The number of aryl methyl sites for hydroxylation is 1. The molecule has 0 aliphatic rings. The third-order valence-electron chi connectivity index (χ3n) is 3.10. The van der Waals surface area contributed by atoms with E-state index in [0.717, 1.165) is 0 Å². The molecule has 20 heavy (non-hydrogen) atoms. The van der Waals surface area contributed by atoms with E-state index in [4.69, 9.17) is 5.26 Å². The summed E-state index contributed by atoms with van der Waals surface area (Å²) in [5, 5.41) is 18.4. The first-order valence-corrected chi connectivity index (χ1v) is 7.94. The molecule has 1 atom stereocenters. The Hall–Kier alpha value is -1.42. The highest BCUT2D eigenvalue weighted by molar-refractivity contribution is 7.89. The monoisotopic (exact) mass is 296 g/mol. The first kappa shape index (κ1) is 16.6. The van der Waals surface area contributed by atoms with Gasteiger partial charge in [0.2, 0.25) is 10.0 Å². The molecule has 1 unspecified atom stereocenters. The predicted octanol–water partition coefficient (Wildman–Crippen LogP) is 1.55. The topological polar surface area (TPSA) is 90.2 Å². The van der Waals surface area contributed by atoms with Gasteiger partial charge in [0.05, 0.1) is 22.6 Å². The highest BCUT2D eigenvalue weighted by Crippen LogP contribution is 2.16. The number of nitrogens with one attached hydrogen (secondary N) is 1.